The summed E-state index contributed by atoms with van der Waals surface area (Å²) in [4.78, 5) is 0. The Morgan fingerprint density at radius 2 is 0.598 bits per heavy atom. The topological polar surface area (TPSA) is 9.86 Å². The molecule has 2 nitrogen and oxygen atoms in total. The molecule has 15 rings (SSSR count). The van der Waals surface area contributed by atoms with Crippen LogP contribution in [0.1, 0.15) is 6.85 Å². The third-order valence-corrected chi connectivity index (χ3v) is 26.4. The van der Waals surface area contributed by atoms with Gasteiger partial charge >= 0.3 is 0 Å². The molecule has 0 atom stereocenters. The highest BCUT2D eigenvalue weighted by atomic mass is 28.3. The van der Waals surface area contributed by atoms with E-state index in [4.69, 9.17) is 1.37 Å². The van der Waals surface area contributed by atoms with Gasteiger partial charge in [0.25, 0.3) is 0 Å². The van der Waals surface area contributed by atoms with Crippen LogP contribution in [-0.4, -0.2) is 25.3 Å². The molecule has 0 N–H and O–H groups in total. The van der Waals surface area contributed by atoms with Gasteiger partial charge in [0.1, 0.15) is 0 Å². The quantitative estimate of drug-likeness (QED) is 0.0852. The van der Waals surface area contributed by atoms with E-state index in [9.17, 15) is 5.48 Å². The monoisotopic (exact) mass is 1080 g/mol. The van der Waals surface area contributed by atoms with Crippen LogP contribution in [-0.2, 0) is 0 Å². The molecule has 0 aliphatic carbocycles. The van der Waals surface area contributed by atoms with Gasteiger partial charge < -0.3 is 9.13 Å². The summed E-state index contributed by atoms with van der Waals surface area (Å²) in [7, 11) is -6.50. The molecule has 0 bridgehead atoms. The van der Waals surface area contributed by atoms with Crippen LogP contribution in [0.5, 0.6) is 0 Å². The van der Waals surface area contributed by atoms with Crippen molar-refractivity contribution in [1.29, 1.82) is 0 Å². The third kappa shape index (κ3) is 7.83. The van der Waals surface area contributed by atoms with Crippen LogP contribution in [0.15, 0.2) is 340 Å². The van der Waals surface area contributed by atoms with E-state index in [1.807, 2.05) is 6.07 Å². The molecular formula is C78H56N2Si2. The minimum absolute atomic E-state index is 0.129. The summed E-state index contributed by atoms with van der Waals surface area (Å²) >= 11 is 0. The highest BCUT2D eigenvalue weighted by Crippen LogP contribution is 2.43. The summed E-state index contributed by atoms with van der Waals surface area (Å²) in [5.41, 5.74) is 8.12. The number of nitrogens with zero attached hydrogens (tertiary/aromatic N) is 2. The van der Waals surface area contributed by atoms with E-state index in [0.29, 0.717) is 11.3 Å². The fourth-order valence-corrected chi connectivity index (χ4v) is 23.0. The van der Waals surface area contributed by atoms with E-state index >= 15 is 0 Å². The molecule has 0 radical (unpaired) electrons. The molecule has 2 heterocycles. The standard InChI is InChI=1S/C78H56N2Si2/c1-9-29-57(30-10-1)70-55-67(82(63-39-19-6-20-40-63,64-41-21-7-22-42-64)65-43-23-8-24-44-65)56-71(58-31-11-2-12-32-58)78(70)80-76-51-49-59(79-74-47-27-25-45-68(74)69-46-26-28-48-75(69)79)53-72(76)73-54-66(50-52-77(73)80)81(60-33-13-3-14-34-60,61-35-15-4-16-36-61)62-37-17-5-18-38-62/h1-56H/i1D,9D,10D,29D,30D. The number of aromatic nitrogens is 2. The lowest BCUT2D eigenvalue weighted by Crippen LogP contribution is -2.74. The Balaban J connectivity index is 1.15. The predicted molar refractivity (Wildman–Crippen MR) is 353 cm³/mol. The maximum atomic E-state index is 10.0. The van der Waals surface area contributed by atoms with E-state index in [2.05, 4.69) is 312 Å². The molecule has 0 saturated heterocycles. The fourth-order valence-electron chi connectivity index (χ4n) is 13.5. The van der Waals surface area contributed by atoms with E-state index in [1.54, 1.807) is 0 Å². The molecule has 0 saturated carbocycles. The SMILES string of the molecule is [2H]c1c([2H])c([2H])c(-c2cc([Si](c3ccccc3)(c3ccccc3)c3ccccc3)cc(-c3ccccc3)c2-n2c3ccc(-n4c5ccccc5c5ccccc54)cc3c3cc([Si](c4ccccc4)(c4ccccc4)c4ccccc4)ccc32)c([2H])c1[2H]. The number of rotatable bonds is 12. The van der Waals surface area contributed by atoms with Gasteiger partial charge in [-0.3, -0.25) is 0 Å². The Hall–Kier alpha value is -10.1. The van der Waals surface area contributed by atoms with E-state index in [-0.39, 0.29) is 17.6 Å². The number of hydrogen-bond donors (Lipinski definition) is 0. The summed E-state index contributed by atoms with van der Waals surface area (Å²) < 4.78 is 52.5. The summed E-state index contributed by atoms with van der Waals surface area (Å²) in [5, 5.41) is 13.7. The predicted octanol–water partition coefficient (Wildman–Crippen LogP) is 14.0. The van der Waals surface area contributed by atoms with Crippen LogP contribution in [0.4, 0.5) is 0 Å². The Kier molecular flexibility index (Phi) is 10.9. The second-order valence-corrected chi connectivity index (χ2v) is 28.7. The highest BCUT2D eigenvalue weighted by Gasteiger charge is 2.44. The van der Waals surface area contributed by atoms with Gasteiger partial charge in [-0.1, -0.05) is 303 Å². The van der Waals surface area contributed by atoms with Gasteiger partial charge in [-0.05, 0) is 89.0 Å². The lowest BCUT2D eigenvalue weighted by molar-refractivity contribution is 1.17. The number of hydrogen-bond acceptors (Lipinski definition) is 0. The third-order valence-electron chi connectivity index (χ3n) is 16.9. The zero-order chi connectivity index (χ0) is 58.8. The van der Waals surface area contributed by atoms with Gasteiger partial charge in [0.05, 0.1) is 34.6 Å². The minimum atomic E-state index is -3.39. The molecule has 15 aromatic rings. The molecule has 4 heteroatoms. The first-order valence-electron chi connectivity index (χ1n) is 30.5. The van der Waals surface area contributed by atoms with E-state index in [0.717, 1.165) is 70.4 Å². The van der Waals surface area contributed by atoms with Crippen molar-refractivity contribution in [2.45, 2.75) is 0 Å². The van der Waals surface area contributed by atoms with E-state index < -0.39 is 34.3 Å². The van der Waals surface area contributed by atoms with Gasteiger partial charge in [0.15, 0.2) is 16.1 Å². The van der Waals surface area contributed by atoms with Crippen molar-refractivity contribution in [2.75, 3.05) is 0 Å². The first kappa shape index (κ1) is 43.7. The van der Waals surface area contributed by atoms with Crippen LogP contribution in [0, 0.1) is 0 Å². The summed E-state index contributed by atoms with van der Waals surface area (Å²) in [5.74, 6) is 0. The number of para-hydroxylation sites is 2. The van der Waals surface area contributed by atoms with Crippen molar-refractivity contribution in [3.63, 3.8) is 0 Å². The van der Waals surface area contributed by atoms with Crippen LogP contribution < -0.4 is 41.5 Å². The zero-order valence-electron chi connectivity index (χ0n) is 49.8. The molecule has 0 unspecified atom stereocenters. The summed E-state index contributed by atoms with van der Waals surface area (Å²) in [6, 6.07) is 109. The van der Waals surface area contributed by atoms with Crippen molar-refractivity contribution in [3.8, 4) is 33.6 Å². The summed E-state index contributed by atoms with van der Waals surface area (Å²) in [6.45, 7) is 0. The lowest BCUT2D eigenvalue weighted by atomic mass is 9.95. The maximum absolute atomic E-state index is 10.0. The van der Waals surface area contributed by atoms with E-state index in [1.165, 1.54) is 31.5 Å². The fraction of sp³-hybridized carbons (Fsp3) is 0. The van der Waals surface area contributed by atoms with Crippen LogP contribution >= 0.6 is 0 Å². The first-order chi connectivity index (χ1) is 42.8. The molecule has 386 valence electrons. The summed E-state index contributed by atoms with van der Waals surface area (Å²) in [6.07, 6.45) is 0. The van der Waals surface area contributed by atoms with Gasteiger partial charge in [-0.25, -0.2) is 0 Å². The average molecular weight is 1080 g/mol. The van der Waals surface area contributed by atoms with Gasteiger partial charge in [0, 0.05) is 38.4 Å². The van der Waals surface area contributed by atoms with Crippen LogP contribution in [0.25, 0.3) is 77.2 Å². The Morgan fingerprint density at radius 3 is 1.05 bits per heavy atom. The van der Waals surface area contributed by atoms with Gasteiger partial charge in [0.2, 0.25) is 0 Å². The second kappa shape index (κ2) is 20.5. The van der Waals surface area contributed by atoms with Crippen molar-refractivity contribution in [1.82, 2.24) is 9.13 Å². The van der Waals surface area contributed by atoms with Crippen LogP contribution in [0.2, 0.25) is 0 Å². The van der Waals surface area contributed by atoms with Crippen molar-refractivity contribution in [2.24, 2.45) is 0 Å². The molecule has 0 amide bonds. The molecule has 2 aromatic heterocycles. The minimum Gasteiger partial charge on any atom is -0.309 e. The molecule has 0 aliphatic rings. The normalized spacial score (nSPS) is 12.8. The average Bonchev–Trinajstić information content (AvgIpc) is 1.73. The Morgan fingerprint density at radius 1 is 0.244 bits per heavy atom. The lowest BCUT2D eigenvalue weighted by Gasteiger charge is -2.36. The first-order valence-corrected chi connectivity index (χ1v) is 32.0. The largest absolute Gasteiger partial charge is 0.309 e. The molecule has 0 aliphatic heterocycles. The smallest absolute Gasteiger partial charge is 0.179 e. The molecule has 13 aromatic carbocycles. The zero-order valence-corrected chi connectivity index (χ0v) is 46.8. The van der Waals surface area contributed by atoms with Crippen LogP contribution in [0.3, 0.4) is 0 Å². The van der Waals surface area contributed by atoms with Crippen molar-refractivity contribution >= 4 is 101 Å². The maximum Gasteiger partial charge on any atom is 0.179 e. The van der Waals surface area contributed by atoms with Crippen molar-refractivity contribution in [3.05, 3.63) is 340 Å². The highest BCUT2D eigenvalue weighted by molar-refractivity contribution is 7.20. The molecular weight excluding hydrogens is 1020 g/mol. The molecule has 0 spiro atoms. The Labute approximate surface area is 487 Å². The Bertz CT molecular complexity index is 4800. The number of benzene rings is 13. The number of fused-ring (bicyclic) bond motifs is 6. The van der Waals surface area contributed by atoms with Crippen molar-refractivity contribution < 1.29 is 6.85 Å². The second-order valence-electron chi connectivity index (χ2n) is 21.1. The van der Waals surface area contributed by atoms with Gasteiger partial charge in [-0.2, -0.15) is 0 Å². The molecule has 0 fully saturated rings. The van der Waals surface area contributed by atoms with Gasteiger partial charge in [-0.15, -0.1) is 0 Å². The molecule has 82 heavy (non-hydrogen) atoms.